The fraction of sp³-hybridized carbons (Fsp3) is 0.440. The Bertz CT molecular complexity index is 1140. The molecular weight excluding hydrogens is 526 g/mol. The van der Waals surface area contributed by atoms with Crippen molar-refractivity contribution < 1.29 is 39.3 Å². The smallest absolute Gasteiger partial charge is 0.326 e. The number of imidazole rings is 1. The van der Waals surface area contributed by atoms with Gasteiger partial charge in [0.25, 0.3) is 0 Å². The van der Waals surface area contributed by atoms with E-state index in [1.54, 1.807) is 0 Å². The first kappa shape index (κ1) is 31.7. The van der Waals surface area contributed by atoms with Gasteiger partial charge in [-0.05, 0) is 43.5 Å². The van der Waals surface area contributed by atoms with Gasteiger partial charge in [-0.25, -0.2) is 9.78 Å². The van der Waals surface area contributed by atoms with Gasteiger partial charge in [0.05, 0.1) is 18.8 Å². The number of H-pyrrole nitrogens is 1. The summed E-state index contributed by atoms with van der Waals surface area (Å²) in [6, 6.07) is 0.489. The molecule has 2 rings (SSSR count). The van der Waals surface area contributed by atoms with Crippen LogP contribution in [0.5, 0.6) is 5.75 Å². The number of aromatic hydroxyl groups is 1. The summed E-state index contributed by atoms with van der Waals surface area (Å²) in [7, 11) is 0. The van der Waals surface area contributed by atoms with Gasteiger partial charge in [-0.3, -0.25) is 19.2 Å². The number of unbranched alkanes of at least 4 members (excludes halogenated alkanes) is 1. The van der Waals surface area contributed by atoms with E-state index in [1.165, 1.54) is 36.8 Å². The van der Waals surface area contributed by atoms with Crippen molar-refractivity contribution in [2.75, 3.05) is 6.54 Å². The van der Waals surface area contributed by atoms with Crippen molar-refractivity contribution >= 4 is 29.7 Å². The zero-order chi connectivity index (χ0) is 29.7. The Morgan fingerprint density at radius 1 is 0.875 bits per heavy atom. The quantitative estimate of drug-likeness (QED) is 0.0990. The molecule has 3 amide bonds. The second-order valence-electron chi connectivity index (χ2n) is 9.16. The minimum absolute atomic E-state index is 0.00684. The summed E-state index contributed by atoms with van der Waals surface area (Å²) < 4.78 is 0. The van der Waals surface area contributed by atoms with Crippen LogP contribution in [0.1, 0.15) is 36.9 Å². The second kappa shape index (κ2) is 15.8. The number of carbonyl (C=O) groups excluding carboxylic acids is 3. The number of nitrogens with one attached hydrogen (secondary N) is 4. The lowest BCUT2D eigenvalue weighted by Gasteiger charge is -2.25. The van der Waals surface area contributed by atoms with Crippen LogP contribution in [-0.4, -0.2) is 85.7 Å². The van der Waals surface area contributed by atoms with Crippen LogP contribution >= 0.6 is 0 Å². The maximum Gasteiger partial charge on any atom is 0.326 e. The normalized spacial score (nSPS) is 13.8. The van der Waals surface area contributed by atoms with E-state index >= 15 is 0 Å². The van der Waals surface area contributed by atoms with E-state index in [0.717, 1.165) is 0 Å². The van der Waals surface area contributed by atoms with Crippen LogP contribution in [-0.2, 0) is 36.8 Å². The predicted octanol–water partition coefficient (Wildman–Crippen LogP) is -1.63. The first-order valence-electron chi connectivity index (χ1n) is 12.6. The van der Waals surface area contributed by atoms with E-state index in [1.807, 2.05) is 0 Å². The number of carbonyl (C=O) groups is 5. The molecule has 0 radical (unpaired) electrons. The molecule has 15 heteroatoms. The van der Waals surface area contributed by atoms with Gasteiger partial charge in [-0.2, -0.15) is 0 Å². The Morgan fingerprint density at radius 3 is 2.08 bits per heavy atom. The van der Waals surface area contributed by atoms with Crippen LogP contribution in [0, 0.1) is 0 Å². The molecule has 0 spiro atoms. The number of benzene rings is 1. The molecule has 0 aliphatic rings. The highest BCUT2D eigenvalue weighted by molar-refractivity contribution is 5.95. The number of carboxylic acid groups (broad SMARTS) is 2. The molecule has 1 heterocycles. The van der Waals surface area contributed by atoms with E-state index in [2.05, 4.69) is 25.9 Å². The number of aliphatic carboxylic acids is 2. The minimum atomic E-state index is -1.56. The first-order chi connectivity index (χ1) is 19.0. The van der Waals surface area contributed by atoms with E-state index in [9.17, 15) is 39.3 Å². The monoisotopic (exact) mass is 561 g/mol. The number of aromatic nitrogens is 2. The summed E-state index contributed by atoms with van der Waals surface area (Å²) in [5.74, 6) is -5.27. The molecule has 40 heavy (non-hydrogen) atoms. The first-order valence-corrected chi connectivity index (χ1v) is 12.6. The average molecular weight is 562 g/mol. The minimum Gasteiger partial charge on any atom is -0.508 e. The molecule has 11 N–H and O–H groups in total. The highest BCUT2D eigenvalue weighted by Gasteiger charge is 2.31. The molecule has 0 aliphatic carbocycles. The number of nitrogens with two attached hydrogens (primary N) is 2. The van der Waals surface area contributed by atoms with Crippen molar-refractivity contribution in [3.05, 3.63) is 48.0 Å². The largest absolute Gasteiger partial charge is 0.508 e. The number of amides is 3. The van der Waals surface area contributed by atoms with E-state index < -0.39 is 60.2 Å². The molecule has 0 saturated carbocycles. The Labute approximate surface area is 229 Å². The Hall–Kier alpha value is -4.50. The van der Waals surface area contributed by atoms with Crippen LogP contribution in [0.4, 0.5) is 0 Å². The van der Waals surface area contributed by atoms with Crippen LogP contribution in [0.15, 0.2) is 36.8 Å². The SMILES string of the molecule is NCCCCC(NC(=O)C(CC(=O)O)NC(=O)C(N)Cc1cnc[nH]1)C(=O)NC(Cc1ccc(O)cc1)C(=O)O. The molecule has 218 valence electrons. The molecule has 4 atom stereocenters. The number of hydrogen-bond acceptors (Lipinski definition) is 9. The number of rotatable bonds is 17. The number of phenolic OH excluding ortho intramolecular Hbond substituents is 1. The summed E-state index contributed by atoms with van der Waals surface area (Å²) in [4.78, 5) is 68.6. The van der Waals surface area contributed by atoms with E-state index in [-0.39, 0.29) is 25.0 Å². The molecule has 15 nitrogen and oxygen atoms in total. The molecule has 0 fully saturated rings. The lowest BCUT2D eigenvalue weighted by Crippen LogP contribution is -2.57. The third-order valence-electron chi connectivity index (χ3n) is 5.91. The zero-order valence-corrected chi connectivity index (χ0v) is 21.7. The fourth-order valence-electron chi connectivity index (χ4n) is 3.76. The third-order valence-corrected chi connectivity index (χ3v) is 5.91. The van der Waals surface area contributed by atoms with Crippen molar-refractivity contribution in [3.8, 4) is 5.75 Å². The van der Waals surface area contributed by atoms with Gasteiger partial charge in [0.1, 0.15) is 23.9 Å². The molecule has 1 aromatic heterocycles. The predicted molar refractivity (Wildman–Crippen MR) is 141 cm³/mol. The number of hydrogen-bond donors (Lipinski definition) is 9. The van der Waals surface area contributed by atoms with Crippen molar-refractivity contribution in [3.63, 3.8) is 0 Å². The van der Waals surface area contributed by atoms with Gasteiger partial charge in [0, 0.05) is 24.7 Å². The van der Waals surface area contributed by atoms with Crippen LogP contribution in [0.2, 0.25) is 0 Å². The third kappa shape index (κ3) is 10.7. The Morgan fingerprint density at radius 2 is 1.50 bits per heavy atom. The lowest BCUT2D eigenvalue weighted by molar-refractivity contribution is -0.143. The topological polar surface area (TPSA) is 263 Å². The van der Waals surface area contributed by atoms with Crippen LogP contribution in [0.3, 0.4) is 0 Å². The fourth-order valence-corrected chi connectivity index (χ4v) is 3.76. The Kier molecular flexibility index (Phi) is 12.5. The number of aromatic amines is 1. The maximum atomic E-state index is 13.1. The zero-order valence-electron chi connectivity index (χ0n) is 21.7. The second-order valence-corrected chi connectivity index (χ2v) is 9.16. The van der Waals surface area contributed by atoms with Crippen molar-refractivity contribution in [1.82, 2.24) is 25.9 Å². The van der Waals surface area contributed by atoms with E-state index in [4.69, 9.17) is 11.5 Å². The summed E-state index contributed by atoms with van der Waals surface area (Å²) in [6.07, 6.45) is 3.01. The van der Waals surface area contributed by atoms with Gasteiger partial charge in [-0.15, -0.1) is 0 Å². The number of nitrogens with zero attached hydrogens (tertiary/aromatic N) is 1. The maximum absolute atomic E-state index is 13.1. The number of phenols is 1. The molecule has 1 aromatic carbocycles. The highest BCUT2D eigenvalue weighted by Crippen LogP contribution is 2.12. The molecule has 2 aromatic rings. The van der Waals surface area contributed by atoms with Gasteiger partial charge in [-0.1, -0.05) is 12.1 Å². The summed E-state index contributed by atoms with van der Waals surface area (Å²) in [6.45, 7) is 0.312. The van der Waals surface area contributed by atoms with E-state index in [0.29, 0.717) is 30.6 Å². The van der Waals surface area contributed by atoms with Crippen LogP contribution < -0.4 is 27.4 Å². The van der Waals surface area contributed by atoms with Gasteiger partial charge < -0.3 is 47.7 Å². The molecular formula is C25H35N7O8. The number of carboxylic acids is 2. The molecule has 0 aliphatic heterocycles. The Balaban J connectivity index is 2.13. The molecule has 0 saturated heterocycles. The van der Waals surface area contributed by atoms with Crippen LogP contribution in [0.25, 0.3) is 0 Å². The van der Waals surface area contributed by atoms with Crippen molar-refractivity contribution in [2.24, 2.45) is 11.5 Å². The average Bonchev–Trinajstić information content (AvgIpc) is 3.41. The lowest BCUT2D eigenvalue weighted by atomic mass is 10.0. The molecule has 4 unspecified atom stereocenters. The molecule has 0 bridgehead atoms. The van der Waals surface area contributed by atoms with Crippen molar-refractivity contribution in [2.45, 2.75) is 62.7 Å². The van der Waals surface area contributed by atoms with Gasteiger partial charge >= 0.3 is 11.9 Å². The summed E-state index contributed by atoms with van der Waals surface area (Å²) in [5, 5.41) is 35.5. The summed E-state index contributed by atoms with van der Waals surface area (Å²) in [5.41, 5.74) is 12.5. The summed E-state index contributed by atoms with van der Waals surface area (Å²) >= 11 is 0. The van der Waals surface area contributed by atoms with Crippen molar-refractivity contribution in [1.29, 1.82) is 0 Å². The standard InChI is InChI=1S/C25H35N7O8/c26-8-2-1-3-18(23(37)32-20(25(39)40)9-14-4-6-16(33)7-5-14)30-24(38)19(11-21(34)35)31-22(36)17(27)10-15-12-28-13-29-15/h4-7,12-13,17-20,33H,1-3,8-11,26-27H2,(H,28,29)(H,30,38)(H,31,36)(H,32,37)(H,34,35)(H,39,40). The van der Waals surface area contributed by atoms with Gasteiger partial charge in [0.2, 0.25) is 17.7 Å². The highest BCUT2D eigenvalue weighted by atomic mass is 16.4. The van der Waals surface area contributed by atoms with Gasteiger partial charge in [0.15, 0.2) is 0 Å².